The van der Waals surface area contributed by atoms with Gasteiger partial charge in [0, 0.05) is 13.3 Å². The molecule has 0 saturated carbocycles. The van der Waals surface area contributed by atoms with Gasteiger partial charge in [0.1, 0.15) is 12.7 Å². The van der Waals surface area contributed by atoms with Gasteiger partial charge in [0.2, 0.25) is 0 Å². The van der Waals surface area contributed by atoms with E-state index in [9.17, 15) is 24.2 Å². The highest BCUT2D eigenvalue weighted by atomic mass is 31.2. The van der Waals surface area contributed by atoms with Crippen LogP contribution in [0.15, 0.2) is 0 Å². The summed E-state index contributed by atoms with van der Waals surface area (Å²) < 4.78 is 31.4. The summed E-state index contributed by atoms with van der Waals surface area (Å²) in [5.41, 5.74) is 0. The van der Waals surface area contributed by atoms with E-state index in [2.05, 4.69) is 11.4 Å². The molecule has 0 aromatic rings. The van der Waals surface area contributed by atoms with Crippen LogP contribution in [0.2, 0.25) is 0 Å². The summed E-state index contributed by atoms with van der Waals surface area (Å²) in [5, 5.41) is 18.0. The maximum Gasteiger partial charge on any atom is 0.472 e. The molecule has 3 N–H and O–H groups in total. The first-order valence-electron chi connectivity index (χ1n) is 17.4. The third-order valence-electron chi connectivity index (χ3n) is 7.57. The molecule has 11 heteroatoms. The summed E-state index contributed by atoms with van der Waals surface area (Å²) in [6.45, 7) is 1.33. The Balaban J connectivity index is 3.72. The fourth-order valence-electron chi connectivity index (χ4n) is 4.90. The predicted octanol–water partition coefficient (Wildman–Crippen LogP) is 7.94. The fraction of sp³-hybridized carbons (Fsp3) is 0.939. The van der Waals surface area contributed by atoms with E-state index in [1.807, 2.05) is 0 Å². The smallest absolute Gasteiger partial charge is 0.462 e. The summed E-state index contributed by atoms with van der Waals surface area (Å²) in [4.78, 5) is 33.1. The molecule has 0 heterocycles. The van der Waals surface area contributed by atoms with E-state index in [1.165, 1.54) is 122 Å². The Hall–Kier alpha value is -1.03. The van der Waals surface area contributed by atoms with Crippen LogP contribution in [0.25, 0.3) is 0 Å². The Kier molecular flexibility index (Phi) is 29.9. The van der Waals surface area contributed by atoms with Crippen molar-refractivity contribution in [2.75, 3.05) is 26.4 Å². The molecule has 0 rings (SSSR count). The lowest BCUT2D eigenvalue weighted by atomic mass is 10.0. The largest absolute Gasteiger partial charge is 0.472 e. The summed E-state index contributed by atoms with van der Waals surface area (Å²) in [7, 11) is -4.57. The summed E-state index contributed by atoms with van der Waals surface area (Å²) >= 11 is 0. The van der Waals surface area contributed by atoms with Crippen LogP contribution in [0.1, 0.15) is 162 Å². The van der Waals surface area contributed by atoms with Crippen molar-refractivity contribution >= 4 is 19.8 Å². The van der Waals surface area contributed by atoms with E-state index < -0.39 is 51.8 Å². The Bertz CT molecular complexity index is 721. The van der Waals surface area contributed by atoms with Crippen LogP contribution in [0, 0.1) is 0 Å². The van der Waals surface area contributed by atoms with Gasteiger partial charge in [-0.3, -0.25) is 18.6 Å². The third kappa shape index (κ3) is 31.0. The SMILES string of the molecule is CCCCCCCCCCCCCCCCCCCCCCCCC(=O)OC(COC(C)=O)COP(=O)(O)OCC(O)CO. The van der Waals surface area contributed by atoms with Gasteiger partial charge >= 0.3 is 19.8 Å². The second-order valence-corrected chi connectivity index (χ2v) is 13.4. The van der Waals surface area contributed by atoms with Crippen molar-refractivity contribution in [3.05, 3.63) is 0 Å². The molecule has 10 nitrogen and oxygen atoms in total. The molecule has 0 fully saturated rings. The van der Waals surface area contributed by atoms with Gasteiger partial charge in [0.05, 0.1) is 19.8 Å². The summed E-state index contributed by atoms with van der Waals surface area (Å²) in [6.07, 6.45) is 26.2. The van der Waals surface area contributed by atoms with E-state index in [1.54, 1.807) is 0 Å². The van der Waals surface area contributed by atoms with E-state index in [4.69, 9.17) is 19.1 Å². The zero-order valence-electron chi connectivity index (χ0n) is 27.9. The van der Waals surface area contributed by atoms with Gasteiger partial charge in [-0.1, -0.05) is 142 Å². The number of aliphatic hydroxyl groups is 2. The van der Waals surface area contributed by atoms with Crippen LogP contribution in [-0.2, 0) is 32.7 Å². The number of unbranched alkanes of at least 4 members (excludes halogenated alkanes) is 21. The van der Waals surface area contributed by atoms with Crippen LogP contribution in [0.4, 0.5) is 0 Å². The molecule has 0 radical (unpaired) electrons. The van der Waals surface area contributed by atoms with Crippen molar-refractivity contribution < 1.29 is 47.8 Å². The van der Waals surface area contributed by atoms with Gasteiger partial charge in [-0.15, -0.1) is 0 Å². The molecule has 0 aliphatic rings. The first-order chi connectivity index (χ1) is 21.2. The second-order valence-electron chi connectivity index (χ2n) is 12.0. The van der Waals surface area contributed by atoms with Gasteiger partial charge in [-0.25, -0.2) is 4.57 Å². The van der Waals surface area contributed by atoms with E-state index >= 15 is 0 Å². The number of esters is 2. The number of carbonyl (C=O) groups excluding carboxylic acids is 2. The number of carbonyl (C=O) groups is 2. The van der Waals surface area contributed by atoms with Gasteiger partial charge in [-0.2, -0.15) is 0 Å². The van der Waals surface area contributed by atoms with Crippen molar-refractivity contribution in [1.82, 2.24) is 0 Å². The molecule has 0 spiro atoms. The average molecular weight is 653 g/mol. The Morgan fingerprint density at radius 1 is 0.636 bits per heavy atom. The van der Waals surface area contributed by atoms with Crippen molar-refractivity contribution in [3.8, 4) is 0 Å². The predicted molar refractivity (Wildman–Crippen MR) is 173 cm³/mol. The maximum absolute atomic E-state index is 12.2. The van der Waals surface area contributed by atoms with Crippen LogP contribution in [-0.4, -0.2) is 65.7 Å². The van der Waals surface area contributed by atoms with E-state index in [-0.39, 0.29) is 13.0 Å². The maximum atomic E-state index is 12.2. The molecular weight excluding hydrogens is 587 g/mol. The molecule has 0 bridgehead atoms. The molecule has 44 heavy (non-hydrogen) atoms. The topological polar surface area (TPSA) is 149 Å². The van der Waals surface area contributed by atoms with Crippen molar-refractivity contribution in [2.24, 2.45) is 0 Å². The Morgan fingerprint density at radius 2 is 1.02 bits per heavy atom. The molecule has 0 aliphatic heterocycles. The van der Waals surface area contributed by atoms with Gasteiger partial charge in [0.25, 0.3) is 0 Å². The third-order valence-corrected chi connectivity index (χ3v) is 8.52. The number of ether oxygens (including phenoxy) is 2. The molecule has 262 valence electrons. The number of phosphoric ester groups is 1. The molecule has 0 amide bonds. The van der Waals surface area contributed by atoms with Crippen LogP contribution >= 0.6 is 7.82 Å². The number of rotatable bonds is 33. The minimum atomic E-state index is -4.57. The summed E-state index contributed by atoms with van der Waals surface area (Å²) in [6, 6.07) is 0. The molecule has 0 aromatic heterocycles. The highest BCUT2D eigenvalue weighted by Gasteiger charge is 2.26. The fourth-order valence-corrected chi connectivity index (χ4v) is 5.69. The average Bonchev–Trinajstić information content (AvgIpc) is 2.99. The van der Waals surface area contributed by atoms with Crippen LogP contribution in [0.3, 0.4) is 0 Å². The van der Waals surface area contributed by atoms with Crippen molar-refractivity contribution in [2.45, 2.75) is 174 Å². The minimum Gasteiger partial charge on any atom is -0.462 e. The quantitative estimate of drug-likeness (QED) is 0.0362. The van der Waals surface area contributed by atoms with Gasteiger partial charge < -0.3 is 24.6 Å². The summed E-state index contributed by atoms with van der Waals surface area (Å²) in [5.74, 6) is -1.11. The van der Waals surface area contributed by atoms with Crippen molar-refractivity contribution in [1.29, 1.82) is 0 Å². The minimum absolute atomic E-state index is 0.186. The zero-order chi connectivity index (χ0) is 32.7. The Morgan fingerprint density at radius 3 is 1.41 bits per heavy atom. The van der Waals surface area contributed by atoms with Crippen LogP contribution in [0.5, 0.6) is 0 Å². The molecule has 0 aromatic carbocycles. The standard InChI is InChI=1S/C33H65O10P/c1-3-4-5-6-7-8-9-10-11-12-13-14-15-16-17-18-19-20-21-22-23-24-25-33(37)43-32(28-40-30(2)35)29-42-44(38,39)41-27-31(36)26-34/h31-32,34,36H,3-29H2,1-2H3,(H,38,39). The number of phosphoric acid groups is 1. The molecule has 0 saturated heterocycles. The van der Waals surface area contributed by atoms with E-state index in [0.29, 0.717) is 6.42 Å². The lowest BCUT2D eigenvalue weighted by Gasteiger charge is -2.20. The van der Waals surface area contributed by atoms with Crippen molar-refractivity contribution in [3.63, 3.8) is 0 Å². The first kappa shape index (κ1) is 43.0. The zero-order valence-corrected chi connectivity index (χ0v) is 28.8. The monoisotopic (exact) mass is 652 g/mol. The second kappa shape index (κ2) is 30.6. The van der Waals surface area contributed by atoms with Gasteiger partial charge in [-0.05, 0) is 6.42 Å². The van der Waals surface area contributed by atoms with Gasteiger partial charge in [0.15, 0.2) is 6.10 Å². The molecule has 3 atom stereocenters. The Labute approximate surface area is 267 Å². The lowest BCUT2D eigenvalue weighted by molar-refractivity contribution is -0.160. The highest BCUT2D eigenvalue weighted by Crippen LogP contribution is 2.43. The highest BCUT2D eigenvalue weighted by molar-refractivity contribution is 7.47. The molecular formula is C33H65O10P. The normalized spacial score (nSPS) is 14.2. The number of aliphatic hydroxyl groups excluding tert-OH is 2. The number of hydrogen-bond donors (Lipinski definition) is 3. The number of hydrogen-bond acceptors (Lipinski definition) is 9. The lowest BCUT2D eigenvalue weighted by Crippen LogP contribution is -2.29. The van der Waals surface area contributed by atoms with E-state index in [0.717, 1.165) is 19.3 Å². The first-order valence-corrected chi connectivity index (χ1v) is 18.9. The molecule has 0 aliphatic carbocycles. The van der Waals surface area contributed by atoms with Crippen LogP contribution < -0.4 is 0 Å². The molecule has 3 unspecified atom stereocenters.